The minimum absolute atomic E-state index is 0. The number of nitrogens with zero attached hydrogens (tertiary/aromatic N) is 4. The first-order valence-electron chi connectivity index (χ1n) is 14.3. The van der Waals surface area contributed by atoms with Crippen LogP contribution in [0, 0.1) is 23.5 Å². The standard InChI is InChI=1S/C32H28F2N6O3S.ClH/c33-22-1-5-27(34)21(13-22)18-40-8-7-20-14-24(3-6-29(20)40)38-31-30-28(36-19-37-31)16-26(44-30)4-2-23-15-25(17-35-23)43-32(41)39-9-11-42-12-10-39;/h1,3,5-8,13-14,16,19,23,25,35H,9-12,15,17-18H2,(H,36,37,38);1H/t23-,25-;/m0./s1. The highest BCUT2D eigenvalue weighted by atomic mass is 35.5. The van der Waals surface area contributed by atoms with Gasteiger partial charge in [0, 0.05) is 54.4 Å². The minimum atomic E-state index is -0.463. The van der Waals surface area contributed by atoms with Gasteiger partial charge in [-0.2, -0.15) is 0 Å². The van der Waals surface area contributed by atoms with Gasteiger partial charge >= 0.3 is 6.09 Å². The Bertz CT molecular complexity index is 1920. The zero-order valence-electron chi connectivity index (χ0n) is 24.0. The number of fused-ring (bicyclic) bond motifs is 2. The molecule has 7 rings (SSSR count). The Kier molecular flexibility index (Phi) is 9.14. The number of halogens is 3. The van der Waals surface area contributed by atoms with Crippen molar-refractivity contribution in [2.24, 2.45) is 0 Å². The van der Waals surface area contributed by atoms with Gasteiger partial charge in [0.15, 0.2) is 5.82 Å². The number of ether oxygens (including phenoxy) is 2. The summed E-state index contributed by atoms with van der Waals surface area (Å²) in [4.78, 5) is 23.8. The van der Waals surface area contributed by atoms with Gasteiger partial charge in [-0.3, -0.25) is 5.32 Å². The first-order valence-corrected chi connectivity index (χ1v) is 15.1. The monoisotopic (exact) mass is 650 g/mol. The fourth-order valence-electron chi connectivity index (χ4n) is 5.43. The molecule has 2 aliphatic rings. The average Bonchev–Trinajstić information content (AvgIpc) is 3.77. The largest absolute Gasteiger partial charge is 0.445 e. The molecule has 3 aromatic heterocycles. The summed E-state index contributed by atoms with van der Waals surface area (Å²) in [6.07, 6.45) is 3.49. The number of hydrogen-bond acceptors (Lipinski definition) is 8. The van der Waals surface area contributed by atoms with Crippen molar-refractivity contribution in [1.82, 2.24) is 24.8 Å². The van der Waals surface area contributed by atoms with Crippen LogP contribution in [0.25, 0.3) is 21.1 Å². The van der Waals surface area contributed by atoms with Crippen molar-refractivity contribution in [3.05, 3.63) is 83.1 Å². The lowest BCUT2D eigenvalue weighted by atomic mass is 10.2. The Morgan fingerprint density at radius 3 is 2.87 bits per heavy atom. The van der Waals surface area contributed by atoms with Gasteiger partial charge in [0.05, 0.1) is 40.9 Å². The molecule has 2 atom stereocenters. The van der Waals surface area contributed by atoms with Gasteiger partial charge in [0.1, 0.15) is 24.1 Å². The number of aromatic nitrogens is 3. The second-order valence-electron chi connectivity index (χ2n) is 10.7. The Morgan fingerprint density at radius 2 is 2.00 bits per heavy atom. The Morgan fingerprint density at radius 1 is 1.13 bits per heavy atom. The molecule has 0 bridgehead atoms. The van der Waals surface area contributed by atoms with E-state index in [1.807, 2.05) is 41.1 Å². The molecular weight excluding hydrogens is 622 g/mol. The van der Waals surface area contributed by atoms with Gasteiger partial charge in [-0.15, -0.1) is 23.7 Å². The number of hydrogen-bond donors (Lipinski definition) is 2. The summed E-state index contributed by atoms with van der Waals surface area (Å²) in [6.45, 7) is 2.97. The fraction of sp³-hybridized carbons (Fsp3) is 0.281. The van der Waals surface area contributed by atoms with E-state index in [9.17, 15) is 13.6 Å². The minimum Gasteiger partial charge on any atom is -0.445 e. The van der Waals surface area contributed by atoms with Gasteiger partial charge in [-0.1, -0.05) is 11.8 Å². The predicted octanol–water partition coefficient (Wildman–Crippen LogP) is 5.69. The molecule has 45 heavy (non-hydrogen) atoms. The molecule has 1 amide bonds. The summed E-state index contributed by atoms with van der Waals surface area (Å²) in [5.74, 6) is 6.28. The van der Waals surface area contributed by atoms with E-state index in [-0.39, 0.29) is 37.2 Å². The molecule has 9 nitrogen and oxygen atoms in total. The van der Waals surface area contributed by atoms with E-state index in [2.05, 4.69) is 32.4 Å². The lowest BCUT2D eigenvalue weighted by molar-refractivity contribution is 0.0156. The average molecular weight is 651 g/mol. The topological polar surface area (TPSA) is 93.5 Å². The number of carbonyl (C=O) groups excluding carboxylic acids is 1. The van der Waals surface area contributed by atoms with E-state index in [1.54, 1.807) is 4.90 Å². The quantitative estimate of drug-likeness (QED) is 0.236. The molecule has 0 unspecified atom stereocenters. The van der Waals surface area contributed by atoms with Crippen LogP contribution in [0.15, 0.2) is 61.1 Å². The highest BCUT2D eigenvalue weighted by Crippen LogP contribution is 2.32. The number of amides is 1. The maximum Gasteiger partial charge on any atom is 0.410 e. The van der Waals surface area contributed by atoms with Crippen LogP contribution in [-0.2, 0) is 16.0 Å². The molecule has 0 saturated carbocycles. The zero-order chi connectivity index (χ0) is 30.0. The molecule has 5 aromatic rings. The van der Waals surface area contributed by atoms with Crippen molar-refractivity contribution < 1.29 is 23.0 Å². The van der Waals surface area contributed by atoms with Crippen molar-refractivity contribution in [1.29, 1.82) is 0 Å². The number of morpholine rings is 1. The number of benzene rings is 2. The first-order chi connectivity index (χ1) is 21.5. The number of carbonyl (C=O) groups is 1. The molecule has 2 aromatic carbocycles. The van der Waals surface area contributed by atoms with Crippen LogP contribution in [0.1, 0.15) is 16.9 Å². The van der Waals surface area contributed by atoms with Crippen LogP contribution >= 0.6 is 23.7 Å². The van der Waals surface area contributed by atoms with E-state index in [0.29, 0.717) is 50.7 Å². The Balaban J connectivity index is 0.00000357. The molecule has 2 saturated heterocycles. The van der Waals surface area contributed by atoms with Crippen LogP contribution in [0.4, 0.5) is 25.1 Å². The van der Waals surface area contributed by atoms with E-state index >= 15 is 0 Å². The molecule has 13 heteroatoms. The number of rotatable bonds is 5. The molecular formula is C32H29ClF2N6O3S. The molecule has 0 radical (unpaired) electrons. The summed E-state index contributed by atoms with van der Waals surface area (Å²) in [6, 6.07) is 13.2. The summed E-state index contributed by atoms with van der Waals surface area (Å²) in [7, 11) is 0. The van der Waals surface area contributed by atoms with Crippen molar-refractivity contribution >= 4 is 62.5 Å². The van der Waals surface area contributed by atoms with Gasteiger partial charge < -0.3 is 24.3 Å². The van der Waals surface area contributed by atoms with Crippen molar-refractivity contribution in [2.75, 3.05) is 38.2 Å². The lowest BCUT2D eigenvalue weighted by Gasteiger charge is -2.27. The van der Waals surface area contributed by atoms with Gasteiger partial charge in [-0.05, 0) is 48.5 Å². The summed E-state index contributed by atoms with van der Waals surface area (Å²) in [5, 5.41) is 7.68. The smallest absolute Gasteiger partial charge is 0.410 e. The van der Waals surface area contributed by atoms with Crippen molar-refractivity contribution in [3.8, 4) is 11.8 Å². The summed E-state index contributed by atoms with van der Waals surface area (Å²) in [5.41, 5.74) is 2.82. The van der Waals surface area contributed by atoms with Crippen LogP contribution in [0.2, 0.25) is 0 Å². The summed E-state index contributed by atoms with van der Waals surface area (Å²) < 4.78 is 41.6. The molecule has 0 spiro atoms. The summed E-state index contributed by atoms with van der Waals surface area (Å²) >= 11 is 1.51. The Hall–Kier alpha value is -4.28. The van der Waals surface area contributed by atoms with Crippen LogP contribution < -0.4 is 10.6 Å². The fourth-order valence-corrected chi connectivity index (χ4v) is 6.35. The maximum absolute atomic E-state index is 14.2. The van der Waals surface area contributed by atoms with Crippen molar-refractivity contribution in [2.45, 2.75) is 25.1 Å². The van der Waals surface area contributed by atoms with Gasteiger partial charge in [-0.25, -0.2) is 23.5 Å². The Labute approximate surface area is 268 Å². The number of thiophene rings is 1. The third-order valence-corrected chi connectivity index (χ3v) is 8.74. The normalized spacial score (nSPS) is 18.0. The molecule has 232 valence electrons. The highest BCUT2D eigenvalue weighted by Gasteiger charge is 2.28. The second kappa shape index (κ2) is 13.4. The predicted molar refractivity (Wildman–Crippen MR) is 171 cm³/mol. The van der Waals surface area contributed by atoms with Crippen LogP contribution in [-0.4, -0.2) is 70.5 Å². The molecule has 0 aliphatic carbocycles. The number of nitrogens with one attached hydrogen (secondary N) is 2. The van der Waals surface area contributed by atoms with Crippen LogP contribution in [0.3, 0.4) is 0 Å². The SMILES string of the molecule is Cl.O=C(O[C@@H]1CN[C@@H](C#Cc2cc3ncnc(Nc4ccc5c(ccn5Cc5cc(F)ccc5F)c4)c3s2)C1)N1CCOCC1. The lowest BCUT2D eigenvalue weighted by Crippen LogP contribution is -2.42. The molecule has 2 N–H and O–H groups in total. The molecule has 2 aliphatic heterocycles. The van der Waals surface area contributed by atoms with E-state index in [1.165, 1.54) is 23.7 Å². The second-order valence-corrected chi connectivity index (χ2v) is 11.7. The van der Waals surface area contributed by atoms with Gasteiger partial charge in [0.25, 0.3) is 0 Å². The zero-order valence-corrected chi connectivity index (χ0v) is 25.6. The highest BCUT2D eigenvalue weighted by molar-refractivity contribution is 7.20. The first kappa shape index (κ1) is 30.7. The molecule has 5 heterocycles. The van der Waals surface area contributed by atoms with Crippen LogP contribution in [0.5, 0.6) is 0 Å². The number of anilines is 2. The third-order valence-electron chi connectivity index (χ3n) is 7.69. The van der Waals surface area contributed by atoms with Crippen molar-refractivity contribution in [3.63, 3.8) is 0 Å². The molecule has 2 fully saturated rings. The third kappa shape index (κ3) is 6.87. The van der Waals surface area contributed by atoms with E-state index in [4.69, 9.17) is 9.47 Å². The maximum atomic E-state index is 14.2. The van der Waals surface area contributed by atoms with E-state index in [0.717, 1.165) is 43.8 Å². The van der Waals surface area contributed by atoms with E-state index < -0.39 is 11.6 Å². The van der Waals surface area contributed by atoms with Gasteiger partial charge in [0.2, 0.25) is 0 Å².